The highest BCUT2D eigenvalue weighted by Gasteiger charge is 2.31. The number of nitrogens with zero attached hydrogens (tertiary/aromatic N) is 4. The molecule has 0 bridgehead atoms. The number of carbonyl (C=O) groups is 1. The highest BCUT2D eigenvalue weighted by Crippen LogP contribution is 2.18. The van der Waals surface area contributed by atoms with Gasteiger partial charge in [0.1, 0.15) is 12.1 Å². The van der Waals surface area contributed by atoms with Crippen LogP contribution in [0.25, 0.3) is 0 Å². The van der Waals surface area contributed by atoms with Gasteiger partial charge in [-0.25, -0.2) is 22.9 Å². The summed E-state index contributed by atoms with van der Waals surface area (Å²) in [6.45, 7) is 0.861. The molecule has 1 amide bonds. The summed E-state index contributed by atoms with van der Waals surface area (Å²) < 4.78 is 39.1. The van der Waals surface area contributed by atoms with Gasteiger partial charge in [-0.05, 0) is 17.7 Å². The summed E-state index contributed by atoms with van der Waals surface area (Å²) in [6.07, 6.45) is 1.20. The van der Waals surface area contributed by atoms with Gasteiger partial charge in [0, 0.05) is 26.2 Å². The first-order valence-corrected chi connectivity index (χ1v) is 9.27. The molecule has 1 aliphatic heterocycles. The van der Waals surface area contributed by atoms with Gasteiger partial charge in [0.25, 0.3) is 15.2 Å². The van der Waals surface area contributed by atoms with Gasteiger partial charge in [-0.2, -0.15) is 9.40 Å². The molecule has 3 rings (SSSR count). The van der Waals surface area contributed by atoms with Crippen LogP contribution in [0, 0.1) is 5.82 Å². The molecule has 8 nitrogen and oxygen atoms in total. The second kappa shape index (κ2) is 7.06. The molecule has 0 unspecified atom stereocenters. The van der Waals surface area contributed by atoms with Crippen molar-refractivity contribution in [1.82, 2.24) is 24.4 Å². The van der Waals surface area contributed by atoms with E-state index in [0.29, 0.717) is 5.56 Å². The van der Waals surface area contributed by atoms with Crippen LogP contribution in [0.15, 0.2) is 29.7 Å². The van der Waals surface area contributed by atoms with Crippen molar-refractivity contribution >= 4 is 27.5 Å². The summed E-state index contributed by atoms with van der Waals surface area (Å²) >= 11 is 5.71. The van der Waals surface area contributed by atoms with Crippen LogP contribution in [-0.2, 0) is 21.2 Å². The third-order valence-corrected chi connectivity index (χ3v) is 5.93. The van der Waals surface area contributed by atoms with E-state index in [4.69, 9.17) is 11.6 Å². The van der Waals surface area contributed by atoms with Crippen LogP contribution in [0.3, 0.4) is 0 Å². The van der Waals surface area contributed by atoms with E-state index >= 15 is 0 Å². The Labute approximate surface area is 148 Å². The summed E-state index contributed by atoms with van der Waals surface area (Å²) in [5.41, 5.74) is 0.605. The summed E-state index contributed by atoms with van der Waals surface area (Å²) in [6, 6.07) is 4.13. The average molecular weight is 388 g/mol. The maximum absolute atomic E-state index is 13.2. The van der Waals surface area contributed by atoms with E-state index in [1.54, 1.807) is 4.90 Å². The van der Waals surface area contributed by atoms with Gasteiger partial charge in [-0.1, -0.05) is 17.7 Å². The van der Waals surface area contributed by atoms with Gasteiger partial charge in [0.15, 0.2) is 0 Å². The highest BCUT2D eigenvalue weighted by atomic mass is 35.5. The molecule has 2 aromatic rings. The number of benzene rings is 1. The summed E-state index contributed by atoms with van der Waals surface area (Å²) in [4.78, 5) is 17.6. The van der Waals surface area contributed by atoms with E-state index in [-0.39, 0.29) is 48.7 Å². The second-order valence-electron chi connectivity index (χ2n) is 5.50. The topological polar surface area (TPSA) is 99.3 Å². The van der Waals surface area contributed by atoms with Crippen LogP contribution in [0.5, 0.6) is 0 Å². The van der Waals surface area contributed by atoms with E-state index < -0.39 is 15.8 Å². The van der Waals surface area contributed by atoms with E-state index in [1.165, 1.54) is 22.5 Å². The van der Waals surface area contributed by atoms with Crippen molar-refractivity contribution in [3.05, 3.63) is 40.9 Å². The van der Waals surface area contributed by atoms with E-state index in [9.17, 15) is 17.6 Å². The highest BCUT2D eigenvalue weighted by molar-refractivity contribution is 7.88. The number of piperazine rings is 1. The van der Waals surface area contributed by atoms with E-state index in [0.717, 1.165) is 6.33 Å². The molecule has 0 spiro atoms. The number of halogens is 2. The summed E-state index contributed by atoms with van der Waals surface area (Å²) in [5.74, 6) is -0.705. The van der Waals surface area contributed by atoms with Crippen molar-refractivity contribution in [1.29, 1.82) is 0 Å². The first-order valence-electron chi connectivity index (χ1n) is 7.45. The number of nitrogens with one attached hydrogen (secondary N) is 1. The lowest BCUT2D eigenvalue weighted by Crippen LogP contribution is -2.51. The molecular weight excluding hydrogens is 373 g/mol. The number of hydrogen-bond acceptors (Lipinski definition) is 5. The number of sulfonamides is 1. The minimum absolute atomic E-state index is 0.0340. The Morgan fingerprint density at radius 1 is 1.28 bits per heavy atom. The quantitative estimate of drug-likeness (QED) is 0.831. The van der Waals surface area contributed by atoms with Crippen molar-refractivity contribution in [3.63, 3.8) is 0 Å². The molecule has 0 radical (unpaired) electrons. The number of rotatable bonds is 4. The molecule has 25 heavy (non-hydrogen) atoms. The maximum atomic E-state index is 13.2. The Morgan fingerprint density at radius 3 is 2.60 bits per heavy atom. The van der Waals surface area contributed by atoms with Crippen LogP contribution in [-0.4, -0.2) is 64.9 Å². The van der Waals surface area contributed by atoms with Crippen LogP contribution in [0.2, 0.25) is 5.02 Å². The molecule has 1 aromatic carbocycles. The molecule has 1 saturated heterocycles. The fraction of sp³-hybridized carbons (Fsp3) is 0.357. The third-order valence-electron chi connectivity index (χ3n) is 3.91. The summed E-state index contributed by atoms with van der Waals surface area (Å²) in [7, 11) is -3.73. The van der Waals surface area contributed by atoms with Gasteiger partial charge >= 0.3 is 0 Å². The van der Waals surface area contributed by atoms with Gasteiger partial charge in [0.2, 0.25) is 5.91 Å². The molecule has 1 fully saturated rings. The van der Waals surface area contributed by atoms with Crippen molar-refractivity contribution in [2.75, 3.05) is 26.2 Å². The molecule has 2 heterocycles. The number of amides is 1. The first-order chi connectivity index (χ1) is 11.9. The van der Waals surface area contributed by atoms with E-state index in [1.807, 2.05) is 0 Å². The number of aromatic nitrogens is 3. The molecule has 1 N–H and O–H groups in total. The van der Waals surface area contributed by atoms with Gasteiger partial charge < -0.3 is 4.90 Å². The van der Waals surface area contributed by atoms with Crippen molar-refractivity contribution < 1.29 is 17.6 Å². The monoisotopic (exact) mass is 387 g/mol. The molecule has 0 atom stereocenters. The second-order valence-corrected chi connectivity index (χ2v) is 7.76. The zero-order valence-electron chi connectivity index (χ0n) is 13.0. The number of aromatic amines is 1. The Hall–Kier alpha value is -2.04. The molecule has 1 aromatic heterocycles. The van der Waals surface area contributed by atoms with Gasteiger partial charge in [-0.15, -0.1) is 0 Å². The van der Waals surface area contributed by atoms with Gasteiger partial charge in [0.05, 0.1) is 11.4 Å². The predicted molar refractivity (Wildman–Crippen MR) is 86.8 cm³/mol. The molecule has 11 heteroatoms. The van der Waals surface area contributed by atoms with Gasteiger partial charge in [-0.3, -0.25) is 4.79 Å². The lowest BCUT2D eigenvalue weighted by Gasteiger charge is -2.33. The van der Waals surface area contributed by atoms with Crippen molar-refractivity contribution in [2.24, 2.45) is 0 Å². The maximum Gasteiger partial charge on any atom is 0.278 e. The third kappa shape index (κ3) is 3.80. The molecule has 0 saturated carbocycles. The minimum atomic E-state index is -3.73. The fourth-order valence-corrected chi connectivity index (χ4v) is 3.99. The summed E-state index contributed by atoms with van der Waals surface area (Å²) in [5, 5.41) is 5.63. The van der Waals surface area contributed by atoms with Crippen LogP contribution < -0.4 is 0 Å². The van der Waals surface area contributed by atoms with Crippen LogP contribution in [0.4, 0.5) is 4.39 Å². The van der Waals surface area contributed by atoms with E-state index in [2.05, 4.69) is 15.2 Å². The largest absolute Gasteiger partial charge is 0.340 e. The van der Waals surface area contributed by atoms with Crippen molar-refractivity contribution in [3.8, 4) is 0 Å². The Bertz CT molecular complexity index is 867. The van der Waals surface area contributed by atoms with Crippen molar-refractivity contribution in [2.45, 2.75) is 11.6 Å². The number of carbonyl (C=O) groups excluding carboxylic acids is 1. The number of hydrogen-bond donors (Lipinski definition) is 1. The Morgan fingerprint density at radius 2 is 2.00 bits per heavy atom. The number of H-pyrrole nitrogens is 1. The lowest BCUT2D eigenvalue weighted by molar-refractivity contribution is -0.131. The zero-order valence-corrected chi connectivity index (χ0v) is 14.6. The predicted octanol–water partition coefficient (Wildman–Crippen LogP) is 0.673. The molecule has 134 valence electrons. The molecule has 1 aliphatic rings. The smallest absolute Gasteiger partial charge is 0.278 e. The normalized spacial score (nSPS) is 16.2. The molecule has 0 aliphatic carbocycles. The van der Waals surface area contributed by atoms with Crippen LogP contribution in [0.1, 0.15) is 5.56 Å². The zero-order chi connectivity index (χ0) is 18.0. The Kier molecular flexibility index (Phi) is 5.02. The van der Waals surface area contributed by atoms with Crippen LogP contribution >= 0.6 is 11.6 Å². The standard InChI is InChI=1S/C14H15ClFN5O3S/c15-11-7-10(1-2-12(11)16)8-13(22)20-3-5-21(6-4-20)25(23,24)14-17-9-18-19-14/h1-2,7,9H,3-6,8H2,(H,17,18,19). The SMILES string of the molecule is O=C(Cc1ccc(F)c(Cl)c1)N1CCN(S(=O)(=O)c2ncn[nH]2)CC1. The average Bonchev–Trinajstić information content (AvgIpc) is 3.14. The fourth-order valence-electron chi connectivity index (χ4n) is 2.55. The molecular formula is C14H15ClFN5O3S. The Balaban J connectivity index is 1.60. The minimum Gasteiger partial charge on any atom is -0.340 e. The lowest BCUT2D eigenvalue weighted by atomic mass is 10.1. The first kappa shape index (κ1) is 17.8.